The maximum Gasteiger partial charge on any atom is 0.242 e. The van der Waals surface area contributed by atoms with Gasteiger partial charge in [-0.15, -0.1) is 0 Å². The number of aliphatic hydroxyl groups excluding tert-OH is 1. The number of carbonyl (C=O) groups is 1. The van der Waals surface area contributed by atoms with Crippen molar-refractivity contribution in [3.8, 4) is 0 Å². The molecule has 1 aromatic rings. The molecule has 1 aliphatic rings. The van der Waals surface area contributed by atoms with Crippen LogP contribution in [0.5, 0.6) is 0 Å². The molecule has 122 valence electrons. The second kappa shape index (κ2) is 7.37. The number of nitrogens with zero attached hydrogens (tertiary/aromatic N) is 1. The number of hydrogen-bond donors (Lipinski definition) is 3. The van der Waals surface area contributed by atoms with E-state index < -0.39 is 18.0 Å². The van der Waals surface area contributed by atoms with E-state index >= 15 is 0 Å². The predicted molar refractivity (Wildman–Crippen MR) is 83.2 cm³/mol. The van der Waals surface area contributed by atoms with E-state index in [2.05, 4.69) is 10.6 Å². The Morgan fingerprint density at radius 2 is 2.27 bits per heavy atom. The summed E-state index contributed by atoms with van der Waals surface area (Å²) in [7, 11) is 3.39. The minimum Gasteiger partial charge on any atom is -0.391 e. The molecule has 1 aliphatic heterocycles. The minimum atomic E-state index is -0.819. The van der Waals surface area contributed by atoms with Crippen LogP contribution in [-0.4, -0.2) is 55.7 Å². The number of hydrogen-bond acceptors (Lipinski definition) is 4. The molecule has 3 N–H and O–H groups in total. The molecule has 7 heteroatoms. The van der Waals surface area contributed by atoms with Gasteiger partial charge in [-0.1, -0.05) is 17.7 Å². The highest BCUT2D eigenvalue weighted by atomic mass is 35.5. The zero-order valence-electron chi connectivity index (χ0n) is 12.6. The van der Waals surface area contributed by atoms with E-state index in [1.807, 2.05) is 0 Å². The van der Waals surface area contributed by atoms with Crippen molar-refractivity contribution in [1.29, 1.82) is 0 Å². The van der Waals surface area contributed by atoms with Gasteiger partial charge >= 0.3 is 0 Å². The largest absolute Gasteiger partial charge is 0.391 e. The summed E-state index contributed by atoms with van der Waals surface area (Å²) >= 11 is 6.07. The van der Waals surface area contributed by atoms with Crippen LogP contribution in [0.3, 0.4) is 0 Å². The number of halogens is 2. The summed E-state index contributed by atoms with van der Waals surface area (Å²) in [5.41, 5.74) is 0.164. The van der Waals surface area contributed by atoms with Crippen molar-refractivity contribution < 1.29 is 14.3 Å². The molecule has 3 unspecified atom stereocenters. The normalized spacial score (nSPS) is 22.8. The van der Waals surface area contributed by atoms with Crippen molar-refractivity contribution >= 4 is 17.5 Å². The van der Waals surface area contributed by atoms with Crippen molar-refractivity contribution in [2.24, 2.45) is 5.92 Å². The Labute approximate surface area is 134 Å². The van der Waals surface area contributed by atoms with Crippen LogP contribution in [0.1, 0.15) is 11.6 Å². The van der Waals surface area contributed by atoms with E-state index in [0.717, 1.165) is 0 Å². The first-order chi connectivity index (χ1) is 10.4. The topological polar surface area (TPSA) is 64.6 Å². The fourth-order valence-corrected chi connectivity index (χ4v) is 2.92. The molecular formula is C15H21ClFN3O2. The van der Waals surface area contributed by atoms with Gasteiger partial charge in [0, 0.05) is 36.1 Å². The molecule has 1 heterocycles. The molecule has 0 bridgehead atoms. The van der Waals surface area contributed by atoms with Crippen LogP contribution in [0.15, 0.2) is 18.2 Å². The van der Waals surface area contributed by atoms with E-state index in [-0.39, 0.29) is 22.4 Å². The highest BCUT2D eigenvalue weighted by molar-refractivity contribution is 6.31. The van der Waals surface area contributed by atoms with Crippen molar-refractivity contribution in [2.45, 2.75) is 12.1 Å². The Hall–Kier alpha value is -1.21. The first kappa shape index (κ1) is 17.1. The molecule has 0 spiro atoms. The lowest BCUT2D eigenvalue weighted by Gasteiger charge is -2.26. The first-order valence-electron chi connectivity index (χ1n) is 7.18. The molecule has 0 aliphatic carbocycles. The number of benzene rings is 1. The zero-order valence-corrected chi connectivity index (χ0v) is 13.4. The van der Waals surface area contributed by atoms with E-state index in [1.165, 1.54) is 12.1 Å². The number of β-amino-alcohol motifs (C(OH)–C–C–N with tert-alkyl or cyclic N) is 1. The van der Waals surface area contributed by atoms with Crippen LogP contribution in [0.25, 0.3) is 0 Å². The van der Waals surface area contributed by atoms with Crippen LogP contribution in [0, 0.1) is 11.7 Å². The summed E-state index contributed by atoms with van der Waals surface area (Å²) in [5.74, 6) is -0.886. The molecule has 1 fully saturated rings. The van der Waals surface area contributed by atoms with Gasteiger partial charge in [0.1, 0.15) is 11.9 Å². The Bertz CT molecular complexity index is 521. The van der Waals surface area contributed by atoms with E-state index in [9.17, 15) is 14.3 Å². The van der Waals surface area contributed by atoms with Gasteiger partial charge in [-0.25, -0.2) is 4.39 Å². The van der Waals surface area contributed by atoms with Gasteiger partial charge in [0.2, 0.25) is 5.91 Å². The molecule has 0 saturated carbocycles. The lowest BCUT2D eigenvalue weighted by Crippen LogP contribution is -2.41. The van der Waals surface area contributed by atoms with Gasteiger partial charge < -0.3 is 15.7 Å². The Balaban J connectivity index is 2.12. The standard InChI is InChI=1S/C15H21ClFN3O2/c1-20(2)14(13-10(16)4-3-5-11(13)17)15(22)19-7-9-6-18-8-12(9)21/h3-5,9,12,14,18,21H,6-8H2,1-2H3,(H,19,22). The number of rotatable bonds is 5. The third kappa shape index (κ3) is 3.76. The van der Waals surface area contributed by atoms with Gasteiger partial charge in [0.15, 0.2) is 0 Å². The van der Waals surface area contributed by atoms with Crippen molar-refractivity contribution in [3.63, 3.8) is 0 Å². The van der Waals surface area contributed by atoms with Gasteiger partial charge in [-0.3, -0.25) is 9.69 Å². The summed E-state index contributed by atoms with van der Waals surface area (Å²) in [6, 6.07) is 3.54. The van der Waals surface area contributed by atoms with Gasteiger partial charge in [-0.05, 0) is 26.2 Å². The van der Waals surface area contributed by atoms with Crippen molar-refractivity contribution in [1.82, 2.24) is 15.5 Å². The van der Waals surface area contributed by atoms with Gasteiger partial charge in [0.05, 0.1) is 6.10 Å². The predicted octanol–water partition coefficient (Wildman–Crippen LogP) is 0.778. The Kier molecular flexibility index (Phi) is 5.74. The van der Waals surface area contributed by atoms with Crippen LogP contribution in [0.2, 0.25) is 5.02 Å². The van der Waals surface area contributed by atoms with Crippen molar-refractivity contribution in [3.05, 3.63) is 34.6 Å². The summed E-state index contributed by atoms with van der Waals surface area (Å²) < 4.78 is 14.1. The molecule has 5 nitrogen and oxygen atoms in total. The molecule has 0 aromatic heterocycles. The molecule has 22 heavy (non-hydrogen) atoms. The smallest absolute Gasteiger partial charge is 0.242 e. The summed E-state index contributed by atoms with van der Waals surface area (Å²) in [5, 5.41) is 15.8. The second-order valence-electron chi connectivity index (χ2n) is 5.73. The highest BCUT2D eigenvalue weighted by Gasteiger charge is 2.30. The third-order valence-electron chi connectivity index (χ3n) is 3.88. The number of aliphatic hydroxyl groups is 1. The SMILES string of the molecule is CN(C)C(C(=O)NCC1CNCC1O)c1c(F)cccc1Cl. The Morgan fingerprint density at radius 1 is 1.55 bits per heavy atom. The van der Waals surface area contributed by atoms with Crippen molar-refractivity contribution in [2.75, 3.05) is 33.7 Å². The molecule has 0 radical (unpaired) electrons. The summed E-state index contributed by atoms with van der Waals surface area (Å²) in [6.07, 6.45) is -0.477. The highest BCUT2D eigenvalue weighted by Crippen LogP contribution is 2.29. The lowest BCUT2D eigenvalue weighted by molar-refractivity contribution is -0.126. The number of carbonyl (C=O) groups excluding carboxylic acids is 1. The molecule has 1 saturated heterocycles. The van der Waals surface area contributed by atoms with E-state index in [4.69, 9.17) is 11.6 Å². The average Bonchev–Trinajstić information content (AvgIpc) is 2.85. The van der Waals surface area contributed by atoms with Crippen LogP contribution in [-0.2, 0) is 4.79 Å². The quantitative estimate of drug-likeness (QED) is 0.747. The van der Waals surface area contributed by atoms with Gasteiger partial charge in [0.25, 0.3) is 0 Å². The average molecular weight is 330 g/mol. The number of nitrogens with one attached hydrogen (secondary N) is 2. The third-order valence-corrected chi connectivity index (χ3v) is 4.21. The Morgan fingerprint density at radius 3 is 2.82 bits per heavy atom. The molecular weight excluding hydrogens is 309 g/mol. The second-order valence-corrected chi connectivity index (χ2v) is 6.14. The molecule has 1 amide bonds. The maximum absolute atomic E-state index is 14.1. The summed E-state index contributed by atoms with van der Waals surface area (Å²) in [4.78, 5) is 14.1. The lowest BCUT2D eigenvalue weighted by atomic mass is 10.0. The fraction of sp³-hybridized carbons (Fsp3) is 0.533. The van der Waals surface area contributed by atoms with E-state index in [0.29, 0.717) is 19.6 Å². The van der Waals surface area contributed by atoms with Crippen LogP contribution in [0.4, 0.5) is 4.39 Å². The molecule has 2 rings (SSSR count). The first-order valence-corrected chi connectivity index (χ1v) is 7.56. The molecule has 3 atom stereocenters. The fourth-order valence-electron chi connectivity index (χ4n) is 2.65. The monoisotopic (exact) mass is 329 g/mol. The summed E-state index contributed by atoms with van der Waals surface area (Å²) in [6.45, 7) is 1.51. The zero-order chi connectivity index (χ0) is 16.3. The van der Waals surface area contributed by atoms with E-state index in [1.54, 1.807) is 25.1 Å². The van der Waals surface area contributed by atoms with Crippen LogP contribution >= 0.6 is 11.6 Å². The number of amides is 1. The van der Waals surface area contributed by atoms with Crippen LogP contribution < -0.4 is 10.6 Å². The maximum atomic E-state index is 14.1. The van der Waals surface area contributed by atoms with Gasteiger partial charge in [-0.2, -0.15) is 0 Å². The number of likely N-dealkylation sites (N-methyl/N-ethyl adjacent to an activating group) is 1. The molecule has 1 aromatic carbocycles. The minimum absolute atomic E-state index is 0.0390.